The molecule has 134 valence electrons. The van der Waals surface area contributed by atoms with Crippen LogP contribution in [0.4, 0.5) is 0 Å². The number of ether oxygens (including phenoxy) is 1. The van der Waals surface area contributed by atoms with Crippen molar-refractivity contribution in [3.8, 4) is 5.75 Å². The van der Waals surface area contributed by atoms with Gasteiger partial charge in [0.15, 0.2) is 0 Å². The third-order valence-corrected chi connectivity index (χ3v) is 3.88. The summed E-state index contributed by atoms with van der Waals surface area (Å²) in [5.41, 5.74) is 1.25. The van der Waals surface area contributed by atoms with Crippen LogP contribution in [0, 0.1) is 5.92 Å². The number of aryl methyl sites for hydroxylation is 1. The average molecular weight is 334 g/mol. The molecule has 0 aliphatic heterocycles. The maximum atomic E-state index is 12.4. The highest BCUT2D eigenvalue weighted by Crippen LogP contribution is 2.14. The van der Waals surface area contributed by atoms with E-state index in [1.54, 1.807) is 11.9 Å². The number of rotatable bonds is 9. The Balaban J connectivity index is 2.42. The monoisotopic (exact) mass is 334 g/mol. The molecule has 0 heterocycles. The second kappa shape index (κ2) is 9.96. The minimum atomic E-state index is -0.477. The van der Waals surface area contributed by atoms with E-state index >= 15 is 0 Å². The Morgan fingerprint density at radius 3 is 2.58 bits per heavy atom. The number of likely N-dealkylation sites (N-methyl/N-ethyl adjacent to an activating group) is 1. The molecule has 2 amide bonds. The molecular formula is C19H30N2O3. The smallest absolute Gasteiger partial charge is 0.245 e. The first-order valence-corrected chi connectivity index (χ1v) is 8.59. The van der Waals surface area contributed by atoms with Crippen molar-refractivity contribution in [2.45, 2.75) is 46.6 Å². The lowest BCUT2D eigenvalue weighted by Crippen LogP contribution is -2.49. The molecular weight excluding hydrogens is 304 g/mol. The van der Waals surface area contributed by atoms with Gasteiger partial charge in [0.2, 0.25) is 11.8 Å². The van der Waals surface area contributed by atoms with Crippen LogP contribution in [0.25, 0.3) is 0 Å². The van der Waals surface area contributed by atoms with E-state index in [2.05, 4.69) is 18.3 Å². The van der Waals surface area contributed by atoms with Gasteiger partial charge in [0.25, 0.3) is 0 Å². The van der Waals surface area contributed by atoms with Crippen LogP contribution in [0.2, 0.25) is 0 Å². The summed E-state index contributed by atoms with van der Waals surface area (Å²) in [6.45, 7) is 8.54. The Morgan fingerprint density at radius 2 is 2.00 bits per heavy atom. The highest BCUT2D eigenvalue weighted by atomic mass is 16.5. The molecule has 0 aliphatic rings. The topological polar surface area (TPSA) is 58.6 Å². The fraction of sp³-hybridized carbons (Fsp3) is 0.579. The van der Waals surface area contributed by atoms with Gasteiger partial charge in [-0.15, -0.1) is 0 Å². The minimum Gasteiger partial charge on any atom is -0.494 e. The first-order valence-electron chi connectivity index (χ1n) is 8.59. The summed E-state index contributed by atoms with van der Waals surface area (Å²) in [5, 5.41) is 2.73. The molecule has 1 aromatic rings. The molecule has 0 saturated carbocycles. The number of carbonyl (C=O) groups excluding carboxylic acids is 2. The SMILES string of the molecule is CCc1cccc(OCCCN(C)C(=O)[C@H](NC(C)=O)C(C)C)c1. The zero-order chi connectivity index (χ0) is 18.1. The maximum Gasteiger partial charge on any atom is 0.245 e. The molecule has 1 atom stereocenters. The molecule has 0 radical (unpaired) electrons. The van der Waals surface area contributed by atoms with Gasteiger partial charge in [-0.3, -0.25) is 9.59 Å². The number of nitrogens with one attached hydrogen (secondary N) is 1. The minimum absolute atomic E-state index is 0.0527. The van der Waals surface area contributed by atoms with E-state index in [0.717, 1.165) is 18.6 Å². The lowest BCUT2D eigenvalue weighted by atomic mass is 10.0. The van der Waals surface area contributed by atoms with Gasteiger partial charge in [-0.2, -0.15) is 0 Å². The number of benzene rings is 1. The molecule has 0 fully saturated rings. The lowest BCUT2D eigenvalue weighted by molar-refractivity contribution is -0.136. The van der Waals surface area contributed by atoms with Crippen molar-refractivity contribution in [2.24, 2.45) is 5.92 Å². The highest BCUT2D eigenvalue weighted by molar-refractivity contribution is 5.86. The Kier molecular flexibility index (Phi) is 8.30. The Hall–Kier alpha value is -2.04. The van der Waals surface area contributed by atoms with E-state index in [1.807, 2.05) is 32.0 Å². The normalized spacial score (nSPS) is 11.9. The standard InChI is InChI=1S/C19H30N2O3/c1-6-16-9-7-10-17(13-16)24-12-8-11-21(5)19(23)18(14(2)3)20-15(4)22/h7,9-10,13-14,18H,6,8,11-12H2,1-5H3,(H,20,22)/t18-/m1/s1. The molecule has 5 heteroatoms. The number of amides is 2. The van der Waals surface area contributed by atoms with Gasteiger partial charge in [-0.25, -0.2) is 0 Å². The zero-order valence-corrected chi connectivity index (χ0v) is 15.5. The fourth-order valence-electron chi connectivity index (χ4n) is 2.43. The van der Waals surface area contributed by atoms with Gasteiger partial charge >= 0.3 is 0 Å². The van der Waals surface area contributed by atoms with Crippen LogP contribution in [0.15, 0.2) is 24.3 Å². The fourth-order valence-corrected chi connectivity index (χ4v) is 2.43. The summed E-state index contributed by atoms with van der Waals surface area (Å²) in [4.78, 5) is 25.4. The van der Waals surface area contributed by atoms with Crippen molar-refractivity contribution in [1.82, 2.24) is 10.2 Å². The molecule has 24 heavy (non-hydrogen) atoms. The second-order valence-corrected chi connectivity index (χ2v) is 6.38. The number of nitrogens with zero attached hydrogens (tertiary/aromatic N) is 1. The zero-order valence-electron chi connectivity index (χ0n) is 15.5. The summed E-state index contributed by atoms with van der Waals surface area (Å²) in [6.07, 6.45) is 1.72. The van der Waals surface area contributed by atoms with Crippen molar-refractivity contribution < 1.29 is 14.3 Å². The largest absolute Gasteiger partial charge is 0.494 e. The van der Waals surface area contributed by atoms with Gasteiger partial charge in [0.1, 0.15) is 11.8 Å². The Morgan fingerprint density at radius 1 is 1.29 bits per heavy atom. The number of hydrogen-bond acceptors (Lipinski definition) is 3. The van der Waals surface area contributed by atoms with Crippen LogP contribution in [-0.2, 0) is 16.0 Å². The summed E-state index contributed by atoms with van der Waals surface area (Å²) in [5.74, 6) is 0.668. The van der Waals surface area contributed by atoms with E-state index < -0.39 is 6.04 Å². The van der Waals surface area contributed by atoms with Crippen LogP contribution in [0.3, 0.4) is 0 Å². The molecule has 5 nitrogen and oxygen atoms in total. The van der Waals surface area contributed by atoms with Crippen molar-refractivity contribution in [2.75, 3.05) is 20.2 Å². The summed E-state index contributed by atoms with van der Waals surface area (Å²) >= 11 is 0. The molecule has 1 aromatic carbocycles. The van der Waals surface area contributed by atoms with Gasteiger partial charge < -0.3 is 15.0 Å². The lowest BCUT2D eigenvalue weighted by Gasteiger charge is -2.26. The second-order valence-electron chi connectivity index (χ2n) is 6.38. The molecule has 0 bridgehead atoms. The Labute approximate surface area is 145 Å². The van der Waals surface area contributed by atoms with E-state index in [1.165, 1.54) is 12.5 Å². The van der Waals surface area contributed by atoms with Crippen LogP contribution in [0.1, 0.15) is 39.7 Å². The van der Waals surface area contributed by atoms with Crippen LogP contribution < -0.4 is 10.1 Å². The van der Waals surface area contributed by atoms with E-state index in [0.29, 0.717) is 13.2 Å². The van der Waals surface area contributed by atoms with E-state index in [9.17, 15) is 9.59 Å². The van der Waals surface area contributed by atoms with Gasteiger partial charge in [0, 0.05) is 20.5 Å². The predicted molar refractivity (Wildman–Crippen MR) is 96.0 cm³/mol. The third-order valence-electron chi connectivity index (χ3n) is 3.88. The quantitative estimate of drug-likeness (QED) is 0.706. The summed E-state index contributed by atoms with van der Waals surface area (Å²) in [7, 11) is 1.76. The first kappa shape index (κ1) is 20.0. The molecule has 0 unspecified atom stereocenters. The van der Waals surface area contributed by atoms with Crippen molar-refractivity contribution in [1.29, 1.82) is 0 Å². The predicted octanol–water partition coefficient (Wildman–Crippen LogP) is 2.64. The van der Waals surface area contributed by atoms with Crippen LogP contribution in [0.5, 0.6) is 5.75 Å². The van der Waals surface area contributed by atoms with E-state index in [-0.39, 0.29) is 17.7 Å². The maximum absolute atomic E-state index is 12.4. The Bertz CT molecular complexity index is 543. The molecule has 0 spiro atoms. The summed E-state index contributed by atoms with van der Waals surface area (Å²) in [6, 6.07) is 7.58. The number of carbonyl (C=O) groups is 2. The van der Waals surface area contributed by atoms with Gasteiger partial charge in [-0.05, 0) is 36.5 Å². The van der Waals surface area contributed by atoms with Gasteiger partial charge in [-0.1, -0.05) is 32.9 Å². The summed E-state index contributed by atoms with van der Waals surface area (Å²) < 4.78 is 5.74. The highest BCUT2D eigenvalue weighted by Gasteiger charge is 2.25. The van der Waals surface area contributed by atoms with Crippen LogP contribution in [-0.4, -0.2) is 43.0 Å². The average Bonchev–Trinajstić information content (AvgIpc) is 2.55. The van der Waals surface area contributed by atoms with Gasteiger partial charge in [0.05, 0.1) is 6.61 Å². The third kappa shape index (κ3) is 6.60. The molecule has 1 N–H and O–H groups in total. The van der Waals surface area contributed by atoms with Crippen molar-refractivity contribution in [3.05, 3.63) is 29.8 Å². The molecule has 0 saturated heterocycles. The molecule has 1 rings (SSSR count). The van der Waals surface area contributed by atoms with Crippen molar-refractivity contribution in [3.63, 3.8) is 0 Å². The molecule has 0 aromatic heterocycles. The number of hydrogen-bond donors (Lipinski definition) is 1. The molecule has 0 aliphatic carbocycles. The van der Waals surface area contributed by atoms with Crippen LogP contribution >= 0.6 is 0 Å². The van der Waals surface area contributed by atoms with E-state index in [4.69, 9.17) is 4.74 Å². The van der Waals surface area contributed by atoms with Crippen molar-refractivity contribution >= 4 is 11.8 Å². The first-order chi connectivity index (χ1) is 11.3.